The smallest absolute Gasteiger partial charge is 0.186 e. The molecule has 0 aromatic heterocycles. The summed E-state index contributed by atoms with van der Waals surface area (Å²) in [6, 6.07) is 0. The summed E-state index contributed by atoms with van der Waals surface area (Å²) < 4.78 is 10.1. The number of hydrogen-bond acceptors (Lipinski definition) is 7. The molecule has 96 valence electrons. The topological polar surface area (TPSA) is 120 Å². The predicted octanol–water partition coefficient (Wildman–Crippen LogP) is -2.82. The SMILES string of the molecule is CCO[C@H]1O[C@@H]([C@H](O)CO)[C@@H](O)[C@@H](O)[C@H]1O. The minimum atomic E-state index is -1.49. The van der Waals surface area contributed by atoms with Crippen LogP contribution in [0.4, 0.5) is 0 Å². The van der Waals surface area contributed by atoms with Crippen LogP contribution in [0.25, 0.3) is 0 Å². The van der Waals surface area contributed by atoms with E-state index in [1.54, 1.807) is 6.92 Å². The van der Waals surface area contributed by atoms with E-state index in [0.717, 1.165) is 0 Å². The lowest BCUT2D eigenvalue weighted by molar-refractivity contribution is -0.310. The molecular weight excluding hydrogens is 220 g/mol. The number of rotatable bonds is 4. The molecule has 0 aliphatic carbocycles. The third kappa shape index (κ3) is 2.69. The van der Waals surface area contributed by atoms with E-state index in [-0.39, 0.29) is 6.61 Å². The molecule has 7 nitrogen and oxygen atoms in total. The van der Waals surface area contributed by atoms with Gasteiger partial charge in [-0.15, -0.1) is 0 Å². The largest absolute Gasteiger partial charge is 0.394 e. The molecule has 0 saturated carbocycles. The van der Waals surface area contributed by atoms with Gasteiger partial charge < -0.3 is 35.0 Å². The third-order valence-corrected chi connectivity index (χ3v) is 2.50. The summed E-state index contributed by atoms with van der Waals surface area (Å²) >= 11 is 0. The van der Waals surface area contributed by atoms with Crippen LogP contribution in [0.15, 0.2) is 0 Å². The first-order valence-electron chi connectivity index (χ1n) is 5.13. The van der Waals surface area contributed by atoms with Crippen LogP contribution in [0.5, 0.6) is 0 Å². The Morgan fingerprint density at radius 2 is 1.81 bits per heavy atom. The van der Waals surface area contributed by atoms with Crippen molar-refractivity contribution in [2.75, 3.05) is 13.2 Å². The second-order valence-electron chi connectivity index (χ2n) is 3.65. The van der Waals surface area contributed by atoms with E-state index >= 15 is 0 Å². The average Bonchev–Trinajstić information content (AvgIpc) is 2.29. The Morgan fingerprint density at radius 3 is 2.31 bits per heavy atom. The summed E-state index contributed by atoms with van der Waals surface area (Å²) in [5.74, 6) is 0. The number of aliphatic hydroxyl groups excluding tert-OH is 5. The Morgan fingerprint density at radius 1 is 1.19 bits per heavy atom. The second kappa shape index (κ2) is 5.87. The molecule has 1 heterocycles. The van der Waals surface area contributed by atoms with Crippen LogP contribution in [0.3, 0.4) is 0 Å². The lowest BCUT2D eigenvalue weighted by Crippen LogP contribution is -2.61. The van der Waals surface area contributed by atoms with E-state index in [4.69, 9.17) is 14.6 Å². The molecule has 1 aliphatic rings. The van der Waals surface area contributed by atoms with Gasteiger partial charge in [0.2, 0.25) is 0 Å². The van der Waals surface area contributed by atoms with Gasteiger partial charge in [0, 0.05) is 6.61 Å². The van der Waals surface area contributed by atoms with E-state index in [1.807, 2.05) is 0 Å². The van der Waals surface area contributed by atoms with Crippen molar-refractivity contribution in [2.24, 2.45) is 0 Å². The molecule has 1 fully saturated rings. The Kier molecular flexibility index (Phi) is 5.06. The molecular formula is C9H18O7. The standard InChI is InChI=1S/C9H18O7/c1-2-15-9-7(14)5(12)6(13)8(16-9)4(11)3-10/h4-14H,2-3H2,1H3/t4-,5-,6+,7-,8+,9+/m1/s1. The normalized spacial score (nSPS) is 42.0. The zero-order valence-corrected chi connectivity index (χ0v) is 8.93. The van der Waals surface area contributed by atoms with Crippen molar-refractivity contribution >= 4 is 0 Å². The van der Waals surface area contributed by atoms with Crippen LogP contribution in [-0.2, 0) is 9.47 Å². The molecule has 1 rings (SSSR count). The molecule has 6 atom stereocenters. The first-order valence-corrected chi connectivity index (χ1v) is 5.13. The van der Waals surface area contributed by atoms with Crippen molar-refractivity contribution in [3.8, 4) is 0 Å². The summed E-state index contributed by atoms with van der Waals surface area (Å²) in [5, 5.41) is 46.7. The zero-order valence-electron chi connectivity index (χ0n) is 8.93. The van der Waals surface area contributed by atoms with Crippen LogP contribution in [0.1, 0.15) is 6.92 Å². The van der Waals surface area contributed by atoms with Crippen molar-refractivity contribution < 1.29 is 35.0 Å². The molecule has 0 spiro atoms. The van der Waals surface area contributed by atoms with Crippen LogP contribution in [0, 0.1) is 0 Å². The van der Waals surface area contributed by atoms with Crippen LogP contribution < -0.4 is 0 Å². The minimum Gasteiger partial charge on any atom is -0.394 e. The summed E-state index contributed by atoms with van der Waals surface area (Å²) in [7, 11) is 0. The minimum absolute atomic E-state index is 0.243. The first-order chi connectivity index (χ1) is 7.52. The van der Waals surface area contributed by atoms with Gasteiger partial charge in [0.25, 0.3) is 0 Å². The molecule has 1 aliphatic heterocycles. The lowest BCUT2D eigenvalue weighted by atomic mass is 9.95. The van der Waals surface area contributed by atoms with Gasteiger partial charge in [-0.05, 0) is 6.92 Å². The maximum absolute atomic E-state index is 9.53. The molecule has 1 saturated heterocycles. The molecule has 0 aromatic carbocycles. The molecule has 0 unspecified atom stereocenters. The summed E-state index contributed by atoms with van der Waals surface area (Å²) in [5.41, 5.74) is 0. The van der Waals surface area contributed by atoms with Gasteiger partial charge in [-0.3, -0.25) is 0 Å². The monoisotopic (exact) mass is 238 g/mol. The Hall–Kier alpha value is -0.280. The zero-order chi connectivity index (χ0) is 12.3. The third-order valence-electron chi connectivity index (χ3n) is 2.50. The highest BCUT2D eigenvalue weighted by atomic mass is 16.7. The van der Waals surface area contributed by atoms with Gasteiger partial charge in [0.1, 0.15) is 30.5 Å². The molecule has 16 heavy (non-hydrogen) atoms. The second-order valence-corrected chi connectivity index (χ2v) is 3.65. The van der Waals surface area contributed by atoms with Crippen molar-refractivity contribution in [1.29, 1.82) is 0 Å². The molecule has 0 aromatic rings. The van der Waals surface area contributed by atoms with Gasteiger partial charge >= 0.3 is 0 Å². The number of hydrogen-bond donors (Lipinski definition) is 5. The highest BCUT2D eigenvalue weighted by Crippen LogP contribution is 2.23. The van der Waals surface area contributed by atoms with Gasteiger partial charge in [-0.1, -0.05) is 0 Å². The van der Waals surface area contributed by atoms with E-state index in [2.05, 4.69) is 0 Å². The van der Waals surface area contributed by atoms with Crippen molar-refractivity contribution in [3.63, 3.8) is 0 Å². The number of aliphatic hydroxyl groups is 5. The van der Waals surface area contributed by atoms with Crippen molar-refractivity contribution in [1.82, 2.24) is 0 Å². The van der Waals surface area contributed by atoms with Gasteiger partial charge in [0.05, 0.1) is 6.61 Å². The lowest BCUT2D eigenvalue weighted by Gasteiger charge is -2.41. The summed E-state index contributed by atoms with van der Waals surface area (Å²) in [6.07, 6.45) is -8.03. The fourth-order valence-electron chi connectivity index (χ4n) is 1.60. The summed E-state index contributed by atoms with van der Waals surface area (Å²) in [6.45, 7) is 1.29. The maximum Gasteiger partial charge on any atom is 0.186 e. The van der Waals surface area contributed by atoms with Crippen molar-refractivity contribution in [3.05, 3.63) is 0 Å². The number of ether oxygens (including phenoxy) is 2. The average molecular weight is 238 g/mol. The summed E-state index contributed by atoms with van der Waals surface area (Å²) in [4.78, 5) is 0. The molecule has 0 amide bonds. The van der Waals surface area contributed by atoms with E-state index in [1.165, 1.54) is 0 Å². The molecule has 5 N–H and O–H groups in total. The van der Waals surface area contributed by atoms with Gasteiger partial charge in [-0.25, -0.2) is 0 Å². The van der Waals surface area contributed by atoms with E-state index in [9.17, 15) is 20.4 Å². The van der Waals surface area contributed by atoms with E-state index in [0.29, 0.717) is 0 Å². The van der Waals surface area contributed by atoms with Crippen LogP contribution >= 0.6 is 0 Å². The maximum atomic E-state index is 9.53. The molecule has 0 bridgehead atoms. The predicted molar refractivity (Wildman–Crippen MR) is 51.4 cm³/mol. The molecule has 0 radical (unpaired) electrons. The van der Waals surface area contributed by atoms with Crippen molar-refractivity contribution in [2.45, 2.75) is 43.7 Å². The van der Waals surface area contributed by atoms with Gasteiger partial charge in [0.15, 0.2) is 6.29 Å². The van der Waals surface area contributed by atoms with Gasteiger partial charge in [-0.2, -0.15) is 0 Å². The van der Waals surface area contributed by atoms with Crippen LogP contribution in [0.2, 0.25) is 0 Å². The molecule has 7 heteroatoms. The fourth-order valence-corrected chi connectivity index (χ4v) is 1.60. The van der Waals surface area contributed by atoms with E-state index < -0.39 is 43.4 Å². The highest BCUT2D eigenvalue weighted by molar-refractivity contribution is 4.92. The Balaban J connectivity index is 2.72. The highest BCUT2D eigenvalue weighted by Gasteiger charge is 2.46. The van der Waals surface area contributed by atoms with Crippen LogP contribution in [-0.4, -0.2) is 75.6 Å². The Labute approximate surface area is 92.9 Å². The first kappa shape index (κ1) is 13.8. The quantitative estimate of drug-likeness (QED) is 0.358. The fraction of sp³-hybridized carbons (Fsp3) is 1.00. The Bertz CT molecular complexity index is 212.